The fraction of sp³-hybridized carbons (Fsp3) is 0.250. The van der Waals surface area contributed by atoms with Gasteiger partial charge in [-0.3, -0.25) is 9.69 Å². The van der Waals surface area contributed by atoms with Crippen molar-refractivity contribution in [1.82, 2.24) is 0 Å². The summed E-state index contributed by atoms with van der Waals surface area (Å²) in [6.07, 6.45) is 0.899. The molecule has 0 amide bonds. The van der Waals surface area contributed by atoms with Crippen LogP contribution in [0.4, 0.5) is 10.1 Å². The Kier molecular flexibility index (Phi) is 5.33. The molecule has 7 heteroatoms. The van der Waals surface area contributed by atoms with Gasteiger partial charge in [0, 0.05) is 33.4 Å². The van der Waals surface area contributed by atoms with Gasteiger partial charge in [-0.2, -0.15) is 5.26 Å². The normalized spacial score (nSPS) is 20.6. The molecule has 158 valence electrons. The molecule has 0 saturated heterocycles. The van der Waals surface area contributed by atoms with E-state index in [-0.39, 0.29) is 28.4 Å². The van der Waals surface area contributed by atoms with Crippen molar-refractivity contribution in [3.63, 3.8) is 0 Å². The molecule has 0 radical (unpaired) electrons. The number of nitriles is 1. The van der Waals surface area contributed by atoms with Crippen molar-refractivity contribution in [1.29, 1.82) is 5.26 Å². The zero-order valence-electron chi connectivity index (χ0n) is 17.0. The van der Waals surface area contributed by atoms with Crippen LogP contribution in [0, 0.1) is 22.6 Å². The number of halogens is 3. The Balaban J connectivity index is 2.01. The second-order valence-electron chi connectivity index (χ2n) is 8.62. The number of hydrogen-bond acceptors (Lipinski definition) is 4. The minimum atomic E-state index is -0.690. The molecule has 0 aromatic heterocycles. The Bertz CT molecular complexity index is 1190. The monoisotopic (exact) mass is 455 g/mol. The van der Waals surface area contributed by atoms with Gasteiger partial charge in [0.1, 0.15) is 11.6 Å². The summed E-state index contributed by atoms with van der Waals surface area (Å²) in [5, 5.41) is 10.9. The Hall–Kier alpha value is -2.81. The van der Waals surface area contributed by atoms with Crippen molar-refractivity contribution < 1.29 is 9.18 Å². The first-order valence-electron chi connectivity index (χ1n) is 9.79. The number of carbonyl (C=O) groups is 1. The highest BCUT2D eigenvalue weighted by Crippen LogP contribution is 2.51. The van der Waals surface area contributed by atoms with Crippen LogP contribution in [0.15, 0.2) is 65.1 Å². The van der Waals surface area contributed by atoms with Gasteiger partial charge in [-0.15, -0.1) is 0 Å². The van der Waals surface area contributed by atoms with Crippen LogP contribution >= 0.6 is 23.2 Å². The van der Waals surface area contributed by atoms with Crippen molar-refractivity contribution in [2.75, 3.05) is 4.90 Å². The maximum Gasteiger partial charge on any atom is 0.162 e. The Morgan fingerprint density at radius 2 is 1.84 bits per heavy atom. The molecule has 1 unspecified atom stereocenters. The molecule has 4 rings (SSSR count). The van der Waals surface area contributed by atoms with E-state index in [1.807, 2.05) is 13.8 Å². The summed E-state index contributed by atoms with van der Waals surface area (Å²) in [5.41, 5.74) is 8.85. The predicted octanol–water partition coefficient (Wildman–Crippen LogP) is 6.07. The van der Waals surface area contributed by atoms with E-state index < -0.39 is 5.92 Å². The second-order valence-corrected chi connectivity index (χ2v) is 9.47. The average molecular weight is 456 g/mol. The molecule has 0 fully saturated rings. The number of hydrogen-bond donors (Lipinski definition) is 1. The molecule has 0 spiro atoms. The first-order chi connectivity index (χ1) is 14.6. The number of rotatable bonds is 2. The van der Waals surface area contributed by atoms with Crippen LogP contribution in [-0.2, 0) is 4.79 Å². The Labute approximate surface area is 190 Å². The van der Waals surface area contributed by atoms with Crippen molar-refractivity contribution >= 4 is 34.7 Å². The zero-order valence-corrected chi connectivity index (χ0v) is 18.6. The third-order valence-corrected chi connectivity index (χ3v) is 6.30. The zero-order chi connectivity index (χ0) is 22.5. The number of Topliss-reactive ketones (excluding diaryl/α,β-unsaturated/α-hetero) is 1. The van der Waals surface area contributed by atoms with Crippen LogP contribution in [-0.4, -0.2) is 5.78 Å². The van der Waals surface area contributed by atoms with Crippen LogP contribution in [0.5, 0.6) is 0 Å². The molecular weight excluding hydrogens is 436 g/mol. The number of benzene rings is 2. The van der Waals surface area contributed by atoms with E-state index in [0.717, 1.165) is 0 Å². The van der Waals surface area contributed by atoms with Gasteiger partial charge in [-0.05, 0) is 53.8 Å². The van der Waals surface area contributed by atoms with Gasteiger partial charge >= 0.3 is 0 Å². The summed E-state index contributed by atoms with van der Waals surface area (Å²) < 4.78 is 13.6. The standard InChI is InChI=1S/C24H20Cl2FN3O/c1-24(2)10-19-22(20(31)11-24)21(16-8-3-13(25)9-18(16)26)17(12-28)23(29)30(19)15-6-4-14(27)5-7-15/h3-9,21H,10-11,29H2,1-2H3. The summed E-state index contributed by atoms with van der Waals surface area (Å²) in [7, 11) is 0. The van der Waals surface area contributed by atoms with Gasteiger partial charge in [0.15, 0.2) is 5.78 Å². The van der Waals surface area contributed by atoms with E-state index in [1.54, 1.807) is 35.2 Å². The van der Waals surface area contributed by atoms with E-state index in [9.17, 15) is 14.4 Å². The topological polar surface area (TPSA) is 70.1 Å². The summed E-state index contributed by atoms with van der Waals surface area (Å²) in [6, 6.07) is 13.0. The molecule has 1 atom stereocenters. The van der Waals surface area contributed by atoms with Crippen LogP contribution in [0.2, 0.25) is 10.0 Å². The molecule has 2 aliphatic rings. The number of carbonyl (C=O) groups excluding carboxylic acids is 1. The molecular formula is C24H20Cl2FN3O. The second kappa shape index (κ2) is 7.71. The smallest absolute Gasteiger partial charge is 0.162 e. The molecule has 0 bridgehead atoms. The summed E-state index contributed by atoms with van der Waals surface area (Å²) in [5.74, 6) is -0.932. The van der Waals surface area contributed by atoms with Gasteiger partial charge in [-0.25, -0.2) is 4.39 Å². The number of nitrogens with two attached hydrogens (primary N) is 1. The minimum absolute atomic E-state index is 0.0605. The van der Waals surface area contributed by atoms with E-state index in [2.05, 4.69) is 6.07 Å². The van der Waals surface area contributed by atoms with Gasteiger partial charge in [-0.1, -0.05) is 43.1 Å². The first kappa shape index (κ1) is 21.4. The maximum absolute atomic E-state index is 13.6. The quantitative estimate of drug-likeness (QED) is 0.595. The molecule has 2 aromatic carbocycles. The largest absolute Gasteiger partial charge is 0.384 e. The summed E-state index contributed by atoms with van der Waals surface area (Å²) in [6.45, 7) is 4.03. The maximum atomic E-state index is 13.6. The van der Waals surface area contributed by atoms with Crippen LogP contribution in [0.1, 0.15) is 38.2 Å². The lowest BCUT2D eigenvalue weighted by Gasteiger charge is -2.43. The number of ketones is 1. The highest BCUT2D eigenvalue weighted by Gasteiger charge is 2.45. The van der Waals surface area contributed by atoms with E-state index in [0.29, 0.717) is 45.4 Å². The van der Waals surface area contributed by atoms with Crippen molar-refractivity contribution in [2.45, 2.75) is 32.6 Å². The van der Waals surface area contributed by atoms with Crippen molar-refractivity contribution in [3.05, 3.63) is 86.6 Å². The van der Waals surface area contributed by atoms with Gasteiger partial charge < -0.3 is 5.73 Å². The summed E-state index contributed by atoms with van der Waals surface area (Å²) >= 11 is 12.6. The Morgan fingerprint density at radius 3 is 2.45 bits per heavy atom. The lowest BCUT2D eigenvalue weighted by atomic mass is 9.68. The predicted molar refractivity (Wildman–Crippen MR) is 120 cm³/mol. The Morgan fingerprint density at radius 1 is 1.16 bits per heavy atom. The number of nitrogens with zero attached hydrogens (tertiary/aromatic N) is 2. The number of allylic oxidation sites excluding steroid dienone is 3. The molecule has 2 aromatic rings. The summed E-state index contributed by atoms with van der Waals surface area (Å²) in [4.78, 5) is 15.1. The van der Waals surface area contributed by atoms with E-state index in [1.165, 1.54) is 12.1 Å². The van der Waals surface area contributed by atoms with Gasteiger partial charge in [0.05, 0.1) is 17.6 Å². The molecule has 1 aliphatic heterocycles. The fourth-order valence-corrected chi connectivity index (χ4v) is 4.96. The highest BCUT2D eigenvalue weighted by molar-refractivity contribution is 6.35. The molecule has 2 N–H and O–H groups in total. The molecule has 1 aliphatic carbocycles. The van der Waals surface area contributed by atoms with Gasteiger partial charge in [0.2, 0.25) is 0 Å². The van der Waals surface area contributed by atoms with Crippen LogP contribution in [0.25, 0.3) is 0 Å². The average Bonchev–Trinajstić information content (AvgIpc) is 2.67. The van der Waals surface area contributed by atoms with Crippen LogP contribution < -0.4 is 10.6 Å². The first-order valence-corrected chi connectivity index (χ1v) is 10.5. The third kappa shape index (κ3) is 3.71. The molecule has 31 heavy (non-hydrogen) atoms. The fourth-order valence-electron chi connectivity index (χ4n) is 4.44. The van der Waals surface area contributed by atoms with Crippen molar-refractivity contribution in [3.8, 4) is 6.07 Å². The molecule has 1 heterocycles. The van der Waals surface area contributed by atoms with E-state index >= 15 is 0 Å². The van der Waals surface area contributed by atoms with Crippen LogP contribution in [0.3, 0.4) is 0 Å². The minimum Gasteiger partial charge on any atom is -0.384 e. The highest BCUT2D eigenvalue weighted by atomic mass is 35.5. The van der Waals surface area contributed by atoms with E-state index in [4.69, 9.17) is 28.9 Å². The van der Waals surface area contributed by atoms with Crippen molar-refractivity contribution in [2.24, 2.45) is 11.1 Å². The molecule has 4 nitrogen and oxygen atoms in total. The van der Waals surface area contributed by atoms with Gasteiger partial charge in [0.25, 0.3) is 0 Å². The lowest BCUT2D eigenvalue weighted by molar-refractivity contribution is -0.118. The SMILES string of the molecule is CC1(C)CC(=O)C2=C(C1)N(c1ccc(F)cc1)C(N)=C(C#N)C2c1ccc(Cl)cc1Cl. The molecule has 0 saturated carbocycles. The lowest BCUT2D eigenvalue weighted by Crippen LogP contribution is -2.42. The third-order valence-electron chi connectivity index (χ3n) is 5.74. The number of anilines is 1.